The van der Waals surface area contributed by atoms with Gasteiger partial charge in [-0.2, -0.15) is 0 Å². The van der Waals surface area contributed by atoms with Crippen LogP contribution in [-0.4, -0.2) is 25.5 Å². The molecule has 1 fully saturated rings. The number of benzene rings is 3. The first-order chi connectivity index (χ1) is 17.5. The molecule has 2 N–H and O–H groups in total. The third kappa shape index (κ3) is 4.82. The predicted octanol–water partition coefficient (Wildman–Crippen LogP) is 5.17. The summed E-state index contributed by atoms with van der Waals surface area (Å²) in [5, 5.41) is 2.09. The van der Waals surface area contributed by atoms with Gasteiger partial charge in [0.15, 0.2) is 0 Å². The van der Waals surface area contributed by atoms with Crippen LogP contribution in [0.2, 0.25) is 10.0 Å². The van der Waals surface area contributed by atoms with Gasteiger partial charge in [-0.1, -0.05) is 29.3 Å². The Bertz CT molecular complexity index is 1640. The average Bonchev–Trinajstić information content (AvgIpc) is 3.31. The summed E-state index contributed by atoms with van der Waals surface area (Å²) in [4.78, 5) is 38.9. The minimum atomic E-state index is -4.15. The van der Waals surface area contributed by atoms with Crippen molar-refractivity contribution in [1.29, 1.82) is 0 Å². The SMILES string of the molecule is O=C1NC(=O)C(=C2C(=O)N(Cc3ccc(Cl)c(Cl)c3)c3ccc(S(=O)(=O)Nc4ccc(F)cc4)cc32)S1. The number of thioether (sulfide) groups is 1. The van der Waals surface area contributed by atoms with Crippen molar-refractivity contribution in [2.24, 2.45) is 0 Å². The van der Waals surface area contributed by atoms with Gasteiger partial charge in [0.25, 0.3) is 27.1 Å². The Labute approximate surface area is 224 Å². The van der Waals surface area contributed by atoms with Gasteiger partial charge in [0.05, 0.1) is 37.7 Å². The number of carbonyl (C=O) groups is 3. The van der Waals surface area contributed by atoms with Crippen LogP contribution in [0.25, 0.3) is 5.57 Å². The number of hydrogen-bond acceptors (Lipinski definition) is 6. The topological polar surface area (TPSA) is 113 Å². The second-order valence-corrected chi connectivity index (χ2v) is 11.5. The van der Waals surface area contributed by atoms with Crippen molar-refractivity contribution in [1.82, 2.24) is 5.32 Å². The number of imide groups is 1. The molecule has 0 atom stereocenters. The molecule has 3 amide bonds. The van der Waals surface area contributed by atoms with Crippen molar-refractivity contribution in [3.05, 3.63) is 92.6 Å². The predicted molar refractivity (Wildman–Crippen MR) is 139 cm³/mol. The summed E-state index contributed by atoms with van der Waals surface area (Å²) in [5.41, 5.74) is 1.18. The smallest absolute Gasteiger partial charge is 0.290 e. The lowest BCUT2D eigenvalue weighted by Crippen LogP contribution is -2.26. The lowest BCUT2D eigenvalue weighted by molar-refractivity contribution is -0.116. The fourth-order valence-corrected chi connectivity index (χ4v) is 6.06. The highest BCUT2D eigenvalue weighted by Gasteiger charge is 2.40. The number of halogens is 3. The summed E-state index contributed by atoms with van der Waals surface area (Å²) in [7, 11) is -4.15. The largest absolute Gasteiger partial charge is 0.303 e. The highest BCUT2D eigenvalue weighted by atomic mass is 35.5. The molecule has 2 heterocycles. The molecule has 5 rings (SSSR count). The molecule has 0 aromatic heterocycles. The Morgan fingerprint density at radius 2 is 1.68 bits per heavy atom. The van der Waals surface area contributed by atoms with E-state index in [2.05, 4.69) is 10.0 Å². The number of nitrogens with one attached hydrogen (secondary N) is 2. The van der Waals surface area contributed by atoms with E-state index in [1.165, 1.54) is 35.2 Å². The van der Waals surface area contributed by atoms with Crippen molar-refractivity contribution < 1.29 is 27.2 Å². The summed E-state index contributed by atoms with van der Waals surface area (Å²) < 4.78 is 41.7. The number of rotatable bonds is 5. The highest BCUT2D eigenvalue weighted by molar-refractivity contribution is 8.18. The Balaban J connectivity index is 1.60. The maximum absolute atomic E-state index is 13.5. The lowest BCUT2D eigenvalue weighted by atomic mass is 10.1. The highest BCUT2D eigenvalue weighted by Crippen LogP contribution is 2.44. The van der Waals surface area contributed by atoms with Gasteiger partial charge in [-0.15, -0.1) is 0 Å². The van der Waals surface area contributed by atoms with Crippen LogP contribution in [0.4, 0.5) is 20.6 Å². The first kappa shape index (κ1) is 25.3. The van der Waals surface area contributed by atoms with E-state index in [0.717, 1.165) is 12.1 Å². The van der Waals surface area contributed by atoms with Gasteiger partial charge in [-0.05, 0) is 71.9 Å². The number of fused-ring (bicyclic) bond motifs is 1. The first-order valence-corrected chi connectivity index (χ1v) is 13.5. The van der Waals surface area contributed by atoms with Crippen LogP contribution in [0, 0.1) is 5.82 Å². The van der Waals surface area contributed by atoms with Gasteiger partial charge in [-0.3, -0.25) is 24.4 Å². The summed E-state index contributed by atoms with van der Waals surface area (Å²) >= 11 is 12.7. The molecule has 2 aliphatic heterocycles. The van der Waals surface area contributed by atoms with Crippen LogP contribution in [0.1, 0.15) is 11.1 Å². The first-order valence-electron chi connectivity index (χ1n) is 10.5. The van der Waals surface area contributed by atoms with Crippen LogP contribution in [0.5, 0.6) is 0 Å². The number of hydrogen-bond donors (Lipinski definition) is 2. The standard InChI is InChI=1S/C24H14Cl2FN3O5S2/c25-17-7-1-12(9-18(17)26)11-30-19-8-6-15(37(34,35)29-14-4-2-13(27)3-5-14)10-16(19)20(23(30)32)21-22(31)28-24(33)36-21/h1-10,29H,11H2,(H,28,31,33). The zero-order chi connectivity index (χ0) is 26.5. The van der Waals surface area contributed by atoms with Crippen LogP contribution in [0.15, 0.2) is 70.5 Å². The van der Waals surface area contributed by atoms with E-state index in [0.29, 0.717) is 28.0 Å². The number of amides is 3. The average molecular weight is 578 g/mol. The van der Waals surface area contributed by atoms with E-state index < -0.39 is 32.9 Å². The maximum atomic E-state index is 13.5. The number of anilines is 2. The minimum absolute atomic E-state index is 0.0413. The molecule has 13 heteroatoms. The Morgan fingerprint density at radius 3 is 2.32 bits per heavy atom. The van der Waals surface area contributed by atoms with Crippen molar-refractivity contribution in [2.75, 3.05) is 9.62 Å². The molecule has 3 aromatic rings. The molecule has 188 valence electrons. The number of sulfonamides is 1. The maximum Gasteiger partial charge on any atom is 0.290 e. The molecule has 2 aliphatic rings. The number of nitrogens with zero attached hydrogens (tertiary/aromatic N) is 1. The Kier molecular flexibility index (Phi) is 6.48. The second kappa shape index (κ2) is 9.49. The van der Waals surface area contributed by atoms with E-state index in [-0.39, 0.29) is 38.2 Å². The van der Waals surface area contributed by atoms with Gasteiger partial charge in [0.1, 0.15) is 5.82 Å². The molecule has 0 radical (unpaired) electrons. The van der Waals surface area contributed by atoms with E-state index in [4.69, 9.17) is 23.2 Å². The van der Waals surface area contributed by atoms with Gasteiger partial charge in [-0.25, -0.2) is 12.8 Å². The Morgan fingerprint density at radius 1 is 0.946 bits per heavy atom. The summed E-state index contributed by atoms with van der Waals surface area (Å²) in [5.74, 6) is -1.87. The van der Waals surface area contributed by atoms with Crippen LogP contribution in [-0.2, 0) is 26.2 Å². The van der Waals surface area contributed by atoms with Crippen molar-refractivity contribution >= 4 is 79.0 Å². The van der Waals surface area contributed by atoms with Crippen LogP contribution >= 0.6 is 35.0 Å². The second-order valence-electron chi connectivity index (χ2n) is 7.98. The normalized spacial score (nSPS) is 17.3. The molecule has 0 unspecified atom stereocenters. The molecule has 0 bridgehead atoms. The monoisotopic (exact) mass is 577 g/mol. The van der Waals surface area contributed by atoms with Gasteiger partial charge in [0.2, 0.25) is 0 Å². The summed E-state index contributed by atoms with van der Waals surface area (Å²) in [6.45, 7) is 0.0413. The van der Waals surface area contributed by atoms with Crippen molar-refractivity contribution in [2.45, 2.75) is 11.4 Å². The molecule has 8 nitrogen and oxygen atoms in total. The minimum Gasteiger partial charge on any atom is -0.303 e. The Hall–Kier alpha value is -3.38. The van der Waals surface area contributed by atoms with Crippen molar-refractivity contribution in [3.8, 4) is 0 Å². The van der Waals surface area contributed by atoms with E-state index in [1.54, 1.807) is 18.2 Å². The summed E-state index contributed by atoms with van der Waals surface area (Å²) in [6, 6.07) is 13.6. The molecule has 3 aromatic carbocycles. The zero-order valence-corrected chi connectivity index (χ0v) is 21.6. The third-order valence-electron chi connectivity index (χ3n) is 5.56. The van der Waals surface area contributed by atoms with Crippen LogP contribution < -0.4 is 14.9 Å². The van der Waals surface area contributed by atoms with Gasteiger partial charge < -0.3 is 4.90 Å². The van der Waals surface area contributed by atoms with E-state index in [9.17, 15) is 27.2 Å². The molecule has 0 aliphatic carbocycles. The number of carbonyl (C=O) groups excluding carboxylic acids is 3. The van der Waals surface area contributed by atoms with Crippen molar-refractivity contribution in [3.63, 3.8) is 0 Å². The molecule has 0 saturated carbocycles. The lowest BCUT2D eigenvalue weighted by Gasteiger charge is -2.18. The molecule has 0 spiro atoms. The quantitative estimate of drug-likeness (QED) is 0.404. The van der Waals surface area contributed by atoms with Gasteiger partial charge >= 0.3 is 0 Å². The van der Waals surface area contributed by atoms with Crippen LogP contribution in [0.3, 0.4) is 0 Å². The fourth-order valence-electron chi connectivity index (χ4n) is 3.89. The van der Waals surface area contributed by atoms with E-state index >= 15 is 0 Å². The molecule has 1 saturated heterocycles. The molecule has 37 heavy (non-hydrogen) atoms. The fraction of sp³-hybridized carbons (Fsp3) is 0.0417. The molecular weight excluding hydrogens is 564 g/mol. The molecular formula is C24H14Cl2FN3O5S2. The summed E-state index contributed by atoms with van der Waals surface area (Å²) in [6.07, 6.45) is 0. The zero-order valence-electron chi connectivity index (χ0n) is 18.4. The van der Waals surface area contributed by atoms with E-state index in [1.807, 2.05) is 0 Å². The van der Waals surface area contributed by atoms with Gasteiger partial charge in [0, 0.05) is 11.3 Å². The third-order valence-corrected chi connectivity index (χ3v) is 8.56.